The van der Waals surface area contributed by atoms with E-state index in [2.05, 4.69) is 13.8 Å². The van der Waals surface area contributed by atoms with E-state index >= 15 is 0 Å². The summed E-state index contributed by atoms with van der Waals surface area (Å²) in [6.45, 7) is 4.18. The number of hydrogen-bond donors (Lipinski definition) is 1. The van der Waals surface area contributed by atoms with Crippen molar-refractivity contribution in [3.05, 3.63) is 23.8 Å². The number of ether oxygens (including phenoxy) is 2. The first kappa shape index (κ1) is 12.2. The highest BCUT2D eigenvalue weighted by molar-refractivity contribution is 5.43. The minimum absolute atomic E-state index is 0.270. The average Bonchev–Trinajstić information content (AvgIpc) is 2.27. The minimum atomic E-state index is -0.443. The largest absolute Gasteiger partial charge is 0.497 e. The molecular formula is C14H20O3. The van der Waals surface area contributed by atoms with E-state index in [-0.39, 0.29) is 5.60 Å². The Morgan fingerprint density at radius 3 is 2.94 bits per heavy atom. The number of fused-ring (bicyclic) bond motifs is 1. The molecule has 0 aliphatic carbocycles. The van der Waals surface area contributed by atoms with Crippen LogP contribution in [0.3, 0.4) is 0 Å². The zero-order valence-corrected chi connectivity index (χ0v) is 10.7. The van der Waals surface area contributed by atoms with E-state index in [1.54, 1.807) is 7.11 Å². The van der Waals surface area contributed by atoms with Crippen molar-refractivity contribution in [2.45, 2.75) is 44.8 Å². The Labute approximate surface area is 102 Å². The lowest BCUT2D eigenvalue weighted by Crippen LogP contribution is -2.37. The van der Waals surface area contributed by atoms with Crippen molar-refractivity contribution in [2.24, 2.45) is 0 Å². The second kappa shape index (κ2) is 4.57. The third-order valence-electron chi connectivity index (χ3n) is 3.34. The first-order valence-corrected chi connectivity index (χ1v) is 6.13. The van der Waals surface area contributed by atoms with Crippen molar-refractivity contribution in [2.75, 3.05) is 7.11 Å². The Kier molecular flexibility index (Phi) is 3.29. The van der Waals surface area contributed by atoms with Crippen LogP contribution in [-0.2, 0) is 0 Å². The quantitative estimate of drug-likeness (QED) is 0.876. The Morgan fingerprint density at radius 2 is 2.29 bits per heavy atom. The maximum Gasteiger partial charge on any atom is 0.129 e. The molecule has 1 N–H and O–H groups in total. The molecule has 1 heterocycles. The van der Waals surface area contributed by atoms with Gasteiger partial charge in [0.25, 0.3) is 0 Å². The topological polar surface area (TPSA) is 38.7 Å². The second-order valence-electron chi connectivity index (χ2n) is 4.93. The summed E-state index contributed by atoms with van der Waals surface area (Å²) in [5, 5.41) is 10.2. The average molecular weight is 236 g/mol. The molecule has 1 aromatic rings. The standard InChI is InChI=1S/C14H20O3/c1-4-7-14(2)9-12(15)11-6-5-10(16-3)8-13(11)17-14/h5-6,8,12,15H,4,7,9H2,1-3H3/t12-,14?/m0/s1. The molecule has 0 saturated carbocycles. The molecule has 0 radical (unpaired) electrons. The summed E-state index contributed by atoms with van der Waals surface area (Å²) in [5.41, 5.74) is 0.590. The lowest BCUT2D eigenvalue weighted by atomic mass is 9.87. The van der Waals surface area contributed by atoms with Gasteiger partial charge < -0.3 is 14.6 Å². The van der Waals surface area contributed by atoms with Crippen molar-refractivity contribution >= 4 is 0 Å². The van der Waals surface area contributed by atoms with Crippen molar-refractivity contribution < 1.29 is 14.6 Å². The van der Waals surface area contributed by atoms with Crippen LogP contribution in [0, 0.1) is 0 Å². The summed E-state index contributed by atoms with van der Waals surface area (Å²) >= 11 is 0. The highest BCUT2D eigenvalue weighted by atomic mass is 16.5. The first-order chi connectivity index (χ1) is 8.08. The van der Waals surface area contributed by atoms with Gasteiger partial charge in [0.1, 0.15) is 17.1 Å². The summed E-state index contributed by atoms with van der Waals surface area (Å²) in [7, 11) is 1.63. The molecule has 94 valence electrons. The summed E-state index contributed by atoms with van der Waals surface area (Å²) < 4.78 is 11.2. The fourth-order valence-corrected chi connectivity index (χ4v) is 2.51. The van der Waals surface area contributed by atoms with Crippen molar-refractivity contribution in [1.29, 1.82) is 0 Å². The molecule has 1 aliphatic rings. The number of rotatable bonds is 3. The normalized spacial score (nSPS) is 27.2. The molecule has 3 heteroatoms. The van der Waals surface area contributed by atoms with Crippen LogP contribution in [0.5, 0.6) is 11.5 Å². The number of aliphatic hydroxyl groups is 1. The molecule has 0 fully saturated rings. The van der Waals surface area contributed by atoms with Crippen LogP contribution in [0.2, 0.25) is 0 Å². The summed E-state index contributed by atoms with van der Waals surface area (Å²) in [6, 6.07) is 5.59. The Bertz CT molecular complexity index is 402. The SMILES string of the molecule is CCCC1(C)C[C@H](O)c2ccc(OC)cc2O1. The predicted molar refractivity (Wildman–Crippen MR) is 66.5 cm³/mol. The van der Waals surface area contributed by atoms with E-state index in [0.717, 1.165) is 29.9 Å². The van der Waals surface area contributed by atoms with Gasteiger partial charge >= 0.3 is 0 Å². The van der Waals surface area contributed by atoms with Crippen molar-refractivity contribution in [1.82, 2.24) is 0 Å². The number of hydrogen-bond acceptors (Lipinski definition) is 3. The molecule has 0 saturated heterocycles. The monoisotopic (exact) mass is 236 g/mol. The van der Waals surface area contributed by atoms with Crippen LogP contribution in [-0.4, -0.2) is 17.8 Å². The Hall–Kier alpha value is -1.22. The van der Waals surface area contributed by atoms with Gasteiger partial charge in [-0.3, -0.25) is 0 Å². The lowest BCUT2D eigenvalue weighted by molar-refractivity contribution is -0.00749. The minimum Gasteiger partial charge on any atom is -0.497 e. The van der Waals surface area contributed by atoms with Crippen molar-refractivity contribution in [3.8, 4) is 11.5 Å². The van der Waals surface area contributed by atoms with Crippen LogP contribution in [0.4, 0.5) is 0 Å². The van der Waals surface area contributed by atoms with E-state index in [1.165, 1.54) is 0 Å². The first-order valence-electron chi connectivity index (χ1n) is 6.13. The van der Waals surface area contributed by atoms with Crippen molar-refractivity contribution in [3.63, 3.8) is 0 Å². The molecule has 0 aromatic heterocycles. The maximum atomic E-state index is 10.2. The van der Waals surface area contributed by atoms with Gasteiger partial charge in [-0.15, -0.1) is 0 Å². The van der Waals surface area contributed by atoms with Crippen LogP contribution >= 0.6 is 0 Å². The van der Waals surface area contributed by atoms with E-state index in [9.17, 15) is 5.11 Å². The van der Waals surface area contributed by atoms with Gasteiger partial charge in [-0.25, -0.2) is 0 Å². The van der Waals surface area contributed by atoms with Gasteiger partial charge in [0.15, 0.2) is 0 Å². The second-order valence-corrected chi connectivity index (χ2v) is 4.93. The van der Waals surface area contributed by atoms with E-state index < -0.39 is 6.10 Å². The molecule has 3 nitrogen and oxygen atoms in total. The lowest BCUT2D eigenvalue weighted by Gasteiger charge is -2.38. The van der Waals surface area contributed by atoms with E-state index in [0.29, 0.717) is 6.42 Å². The summed E-state index contributed by atoms with van der Waals surface area (Å²) in [6.07, 6.45) is 2.20. The fraction of sp³-hybridized carbons (Fsp3) is 0.571. The van der Waals surface area contributed by atoms with Gasteiger partial charge in [0.05, 0.1) is 13.2 Å². The highest BCUT2D eigenvalue weighted by Crippen LogP contribution is 2.42. The van der Waals surface area contributed by atoms with Gasteiger partial charge in [-0.2, -0.15) is 0 Å². The summed E-state index contributed by atoms with van der Waals surface area (Å²) in [4.78, 5) is 0. The summed E-state index contributed by atoms with van der Waals surface area (Å²) in [5.74, 6) is 1.51. The van der Waals surface area contributed by atoms with Gasteiger partial charge in [0, 0.05) is 18.1 Å². The molecule has 1 aromatic carbocycles. The Balaban J connectivity index is 2.33. The molecule has 1 aliphatic heterocycles. The molecule has 0 amide bonds. The molecule has 0 spiro atoms. The van der Waals surface area contributed by atoms with E-state index in [4.69, 9.17) is 9.47 Å². The van der Waals surface area contributed by atoms with Crippen LogP contribution in [0.1, 0.15) is 44.8 Å². The van der Waals surface area contributed by atoms with Gasteiger partial charge in [-0.05, 0) is 25.5 Å². The Morgan fingerprint density at radius 1 is 1.53 bits per heavy atom. The molecule has 17 heavy (non-hydrogen) atoms. The zero-order valence-electron chi connectivity index (χ0n) is 10.7. The number of benzene rings is 1. The van der Waals surface area contributed by atoms with E-state index in [1.807, 2.05) is 18.2 Å². The molecular weight excluding hydrogens is 216 g/mol. The third kappa shape index (κ3) is 2.39. The molecule has 1 unspecified atom stereocenters. The van der Waals surface area contributed by atoms with Gasteiger partial charge in [0.2, 0.25) is 0 Å². The van der Waals surface area contributed by atoms with Crippen LogP contribution in [0.25, 0.3) is 0 Å². The maximum absolute atomic E-state index is 10.2. The molecule has 2 atom stereocenters. The third-order valence-corrected chi connectivity index (χ3v) is 3.34. The van der Waals surface area contributed by atoms with Crippen LogP contribution < -0.4 is 9.47 Å². The zero-order chi connectivity index (χ0) is 12.5. The van der Waals surface area contributed by atoms with Gasteiger partial charge in [-0.1, -0.05) is 13.3 Å². The predicted octanol–water partition coefficient (Wildman–Crippen LogP) is 3.07. The highest BCUT2D eigenvalue weighted by Gasteiger charge is 2.35. The number of methoxy groups -OCH3 is 1. The smallest absolute Gasteiger partial charge is 0.129 e. The van der Waals surface area contributed by atoms with Crippen LogP contribution in [0.15, 0.2) is 18.2 Å². The fourth-order valence-electron chi connectivity index (χ4n) is 2.51. The molecule has 2 rings (SSSR count). The number of aliphatic hydroxyl groups excluding tert-OH is 1. The molecule has 0 bridgehead atoms.